The van der Waals surface area contributed by atoms with Gasteiger partial charge in [-0.2, -0.15) is 0 Å². The number of thiazole rings is 1. The van der Waals surface area contributed by atoms with Crippen molar-refractivity contribution >= 4 is 44.4 Å². The van der Waals surface area contributed by atoms with Gasteiger partial charge in [0, 0.05) is 54.0 Å². The summed E-state index contributed by atoms with van der Waals surface area (Å²) in [5, 5.41) is 6.33. The molecule has 2 amide bonds. The van der Waals surface area contributed by atoms with Gasteiger partial charge in [0.2, 0.25) is 10.0 Å². The van der Waals surface area contributed by atoms with Crippen molar-refractivity contribution in [3.05, 3.63) is 24.4 Å². The number of carbonyl (C=O) groups excluding carboxylic acids is 2. The van der Waals surface area contributed by atoms with Crippen molar-refractivity contribution in [2.24, 2.45) is 11.8 Å². The van der Waals surface area contributed by atoms with Gasteiger partial charge in [-0.15, -0.1) is 0 Å². The van der Waals surface area contributed by atoms with E-state index in [0.29, 0.717) is 28.0 Å². The van der Waals surface area contributed by atoms with Gasteiger partial charge in [-0.25, -0.2) is 27.7 Å². The van der Waals surface area contributed by atoms with Crippen LogP contribution in [0.2, 0.25) is 0 Å². The van der Waals surface area contributed by atoms with Gasteiger partial charge in [0.1, 0.15) is 0 Å². The van der Waals surface area contributed by atoms with Crippen molar-refractivity contribution in [3.63, 3.8) is 0 Å². The van der Waals surface area contributed by atoms with Crippen LogP contribution in [0.5, 0.6) is 0 Å². The Morgan fingerprint density at radius 2 is 1.67 bits per heavy atom. The van der Waals surface area contributed by atoms with Crippen LogP contribution in [0.3, 0.4) is 0 Å². The van der Waals surface area contributed by atoms with E-state index in [9.17, 15) is 18.0 Å². The number of aromatic nitrogens is 1. The van der Waals surface area contributed by atoms with Crippen LogP contribution in [0, 0.1) is 11.8 Å². The molecule has 2 aliphatic rings. The number of ether oxygens (including phenoxy) is 2. The molecule has 39 heavy (non-hydrogen) atoms. The Hall–Kier alpha value is -2.90. The third-order valence-electron chi connectivity index (χ3n) is 6.15. The van der Waals surface area contributed by atoms with Gasteiger partial charge in [0.05, 0.1) is 22.0 Å². The lowest BCUT2D eigenvalue weighted by Gasteiger charge is -2.22. The number of benzene rings is 1. The maximum atomic E-state index is 13.4. The quantitative estimate of drug-likeness (QED) is 0.418. The fraction of sp³-hybridized carbons (Fsp3) is 0.577. The van der Waals surface area contributed by atoms with Crippen LogP contribution in [0.1, 0.15) is 48.5 Å². The summed E-state index contributed by atoms with van der Waals surface area (Å²) in [7, 11) is -3.95. The Kier molecular flexibility index (Phi) is 8.16. The molecular formula is C26H37N5O6S2. The van der Waals surface area contributed by atoms with Crippen LogP contribution in [0.25, 0.3) is 10.4 Å². The fourth-order valence-corrected chi connectivity index (χ4v) is 7.37. The van der Waals surface area contributed by atoms with Gasteiger partial charge < -0.3 is 19.7 Å². The predicted molar refractivity (Wildman–Crippen MR) is 151 cm³/mol. The van der Waals surface area contributed by atoms with Gasteiger partial charge in [-0.1, -0.05) is 17.4 Å². The second-order valence-electron chi connectivity index (χ2n) is 11.5. The zero-order chi connectivity index (χ0) is 28.7. The highest BCUT2D eigenvalue weighted by Gasteiger charge is 2.57. The first kappa shape index (κ1) is 29.1. The summed E-state index contributed by atoms with van der Waals surface area (Å²) in [5.41, 5.74) is 0.0775. The number of nitrogens with one attached hydrogen (secondary N) is 3. The summed E-state index contributed by atoms with van der Waals surface area (Å²) in [6.45, 7) is 13.9. The van der Waals surface area contributed by atoms with E-state index in [1.54, 1.807) is 52.9 Å². The highest BCUT2D eigenvalue weighted by atomic mass is 32.2. The predicted octanol–water partition coefficient (Wildman–Crippen LogP) is 4.41. The number of fused-ring (bicyclic) bond motifs is 1. The minimum atomic E-state index is -3.95. The van der Waals surface area contributed by atoms with Gasteiger partial charge in [-0.3, -0.25) is 5.32 Å². The van der Waals surface area contributed by atoms with Crippen molar-refractivity contribution in [2.75, 3.05) is 23.3 Å². The molecule has 2 heterocycles. The third-order valence-corrected chi connectivity index (χ3v) is 9.04. The Balaban J connectivity index is 1.53. The number of rotatable bonds is 8. The van der Waals surface area contributed by atoms with E-state index in [2.05, 4.69) is 25.2 Å². The lowest BCUT2D eigenvalue weighted by Crippen LogP contribution is -2.40. The van der Waals surface area contributed by atoms with Crippen molar-refractivity contribution in [2.45, 2.75) is 77.2 Å². The SMILES string of the molecule is CC(C)OC(=O)Nc1ccc(-c2cnc(N3CC4C(NC(=O)OC(C)C)[C@H]4C3)s2)c(S(=O)(=O)NC(C)(C)C)c1. The first-order valence-corrected chi connectivity index (χ1v) is 15.3. The van der Waals surface area contributed by atoms with Crippen molar-refractivity contribution in [1.82, 2.24) is 15.0 Å². The van der Waals surface area contributed by atoms with Crippen LogP contribution in [-0.4, -0.2) is 62.5 Å². The molecule has 1 saturated carbocycles. The number of piperidine rings is 1. The summed E-state index contributed by atoms with van der Waals surface area (Å²) in [6.07, 6.45) is 0.135. The Morgan fingerprint density at radius 1 is 1.05 bits per heavy atom. The number of amides is 2. The van der Waals surface area contributed by atoms with Crippen molar-refractivity contribution in [1.29, 1.82) is 0 Å². The minimum absolute atomic E-state index is 0.0344. The molecule has 1 aromatic carbocycles. The summed E-state index contributed by atoms with van der Waals surface area (Å²) < 4.78 is 39.9. The normalized spacial score (nSPS) is 20.6. The highest BCUT2D eigenvalue weighted by Crippen LogP contribution is 2.48. The summed E-state index contributed by atoms with van der Waals surface area (Å²) >= 11 is 1.40. The average Bonchev–Trinajstić information content (AvgIpc) is 3.17. The highest BCUT2D eigenvalue weighted by molar-refractivity contribution is 7.89. The lowest BCUT2D eigenvalue weighted by molar-refractivity contribution is 0.114. The Morgan fingerprint density at radius 3 is 2.26 bits per heavy atom. The van der Waals surface area contributed by atoms with Crippen LogP contribution in [0.15, 0.2) is 29.3 Å². The standard InChI is InChI=1S/C26H37N5O6S2/c1-14(2)36-24(32)28-16-8-9-17(21(10-16)39(34,35)30-26(5,6)7)20-11-27-23(38-20)31-12-18-19(13-31)22(18)29-25(33)37-15(3)4/h8-11,14-15,18-19,22,30H,12-13H2,1-7H3,(H,28,32)(H,29,33)/t18-,19?,22?/m0/s1. The number of nitrogens with zero attached hydrogens (tertiary/aromatic N) is 2. The molecule has 1 saturated heterocycles. The molecular weight excluding hydrogens is 542 g/mol. The smallest absolute Gasteiger partial charge is 0.411 e. The molecule has 13 heteroatoms. The zero-order valence-electron chi connectivity index (χ0n) is 23.3. The first-order valence-electron chi connectivity index (χ1n) is 13.0. The molecule has 0 spiro atoms. The average molecular weight is 580 g/mol. The Labute approximate surface area is 233 Å². The lowest BCUT2D eigenvalue weighted by atomic mass is 10.1. The van der Waals surface area contributed by atoms with E-state index in [0.717, 1.165) is 18.2 Å². The number of hydrogen-bond donors (Lipinski definition) is 3. The van der Waals surface area contributed by atoms with E-state index >= 15 is 0 Å². The molecule has 2 fully saturated rings. The van der Waals surface area contributed by atoms with Crippen molar-refractivity contribution < 1.29 is 27.5 Å². The molecule has 3 atom stereocenters. The van der Waals surface area contributed by atoms with E-state index in [1.807, 2.05) is 13.8 Å². The number of sulfonamides is 1. The third kappa shape index (κ3) is 7.20. The largest absolute Gasteiger partial charge is 0.447 e. The van der Waals surface area contributed by atoms with Gasteiger partial charge in [0.15, 0.2) is 5.13 Å². The van der Waals surface area contributed by atoms with Gasteiger partial charge >= 0.3 is 12.2 Å². The fourth-order valence-electron chi connectivity index (χ4n) is 4.66. The molecule has 11 nitrogen and oxygen atoms in total. The van der Waals surface area contributed by atoms with E-state index < -0.39 is 21.7 Å². The molecule has 4 rings (SSSR count). The van der Waals surface area contributed by atoms with E-state index in [4.69, 9.17) is 9.47 Å². The molecule has 1 aliphatic heterocycles. The molecule has 0 bridgehead atoms. The summed E-state index contributed by atoms with van der Waals surface area (Å²) in [4.78, 5) is 31.5. The zero-order valence-corrected chi connectivity index (χ0v) is 24.9. The number of carbonyl (C=O) groups is 2. The van der Waals surface area contributed by atoms with Gasteiger partial charge in [-0.05, 0) is 60.6 Å². The van der Waals surface area contributed by atoms with E-state index in [1.165, 1.54) is 17.4 Å². The molecule has 214 valence electrons. The Bertz CT molecular complexity index is 1320. The molecule has 2 unspecified atom stereocenters. The van der Waals surface area contributed by atoms with Crippen molar-refractivity contribution in [3.8, 4) is 10.4 Å². The summed E-state index contributed by atoms with van der Waals surface area (Å²) in [5.74, 6) is 0.667. The summed E-state index contributed by atoms with van der Waals surface area (Å²) in [6, 6.07) is 4.85. The van der Waals surface area contributed by atoms with Crippen LogP contribution >= 0.6 is 11.3 Å². The second kappa shape index (κ2) is 10.9. The molecule has 1 aliphatic carbocycles. The number of alkyl carbamates (subject to hydrolysis) is 1. The topological polar surface area (TPSA) is 139 Å². The molecule has 1 aromatic heterocycles. The second-order valence-corrected chi connectivity index (χ2v) is 14.2. The molecule has 0 radical (unpaired) electrons. The maximum absolute atomic E-state index is 13.4. The monoisotopic (exact) mass is 579 g/mol. The molecule has 2 aromatic rings. The molecule has 3 N–H and O–H groups in total. The van der Waals surface area contributed by atoms with E-state index in [-0.39, 0.29) is 29.2 Å². The van der Waals surface area contributed by atoms with Crippen LogP contribution in [0.4, 0.5) is 20.4 Å². The first-order chi connectivity index (χ1) is 18.1. The van der Waals surface area contributed by atoms with Crippen LogP contribution < -0.4 is 20.3 Å². The maximum Gasteiger partial charge on any atom is 0.411 e. The number of anilines is 2. The number of hydrogen-bond acceptors (Lipinski definition) is 9. The van der Waals surface area contributed by atoms with Crippen LogP contribution in [-0.2, 0) is 19.5 Å². The minimum Gasteiger partial charge on any atom is -0.447 e. The van der Waals surface area contributed by atoms with Gasteiger partial charge in [0.25, 0.3) is 0 Å².